The van der Waals surface area contributed by atoms with Crippen LogP contribution in [0.2, 0.25) is 0 Å². The molecule has 0 unspecified atom stereocenters. The number of thioether (sulfide) groups is 2. The molecule has 6 nitrogen and oxygen atoms in total. The van der Waals surface area contributed by atoms with Crippen molar-refractivity contribution in [1.82, 2.24) is 19.6 Å². The van der Waals surface area contributed by atoms with Crippen LogP contribution < -0.4 is 0 Å². The topological polar surface area (TPSA) is 47.1 Å². The highest BCUT2D eigenvalue weighted by molar-refractivity contribution is 8.02. The standard InChI is InChI=1S/C40H42N4O2S2/c1-47-39-35(37(45)33-19-11-5-12-20-33)27-41(29-43(39)25-31-15-7-3-8-16-31)23-24-42-28-36(38(46)34-21-13-6-14-22-34)40(48-2)44(30-42)26-32-17-9-4-10-18-32/h3-22H,23-30H2,1-2H3. The second-order valence-electron chi connectivity index (χ2n) is 12.1. The monoisotopic (exact) mass is 674 g/mol. The van der Waals surface area contributed by atoms with Gasteiger partial charge < -0.3 is 9.80 Å². The first-order chi connectivity index (χ1) is 23.5. The lowest BCUT2D eigenvalue weighted by Crippen LogP contribution is -2.50. The fraction of sp³-hybridized carbons (Fsp3) is 0.250. The average Bonchev–Trinajstić information content (AvgIpc) is 3.14. The van der Waals surface area contributed by atoms with E-state index in [1.165, 1.54) is 11.1 Å². The van der Waals surface area contributed by atoms with Crippen LogP contribution in [-0.2, 0) is 13.1 Å². The molecule has 6 rings (SSSR count). The number of ketones is 2. The Morgan fingerprint density at radius 2 is 0.854 bits per heavy atom. The van der Waals surface area contributed by atoms with E-state index in [0.29, 0.717) is 24.2 Å². The summed E-state index contributed by atoms with van der Waals surface area (Å²) in [6, 6.07) is 40.2. The molecular weight excluding hydrogens is 633 g/mol. The lowest BCUT2D eigenvalue weighted by atomic mass is 10.0. The van der Waals surface area contributed by atoms with Gasteiger partial charge in [-0.1, -0.05) is 121 Å². The van der Waals surface area contributed by atoms with Crippen LogP contribution in [0.25, 0.3) is 0 Å². The molecule has 0 bridgehead atoms. The summed E-state index contributed by atoms with van der Waals surface area (Å²) < 4.78 is 0. The zero-order valence-corrected chi connectivity index (χ0v) is 29.3. The van der Waals surface area contributed by atoms with E-state index in [9.17, 15) is 9.59 Å². The van der Waals surface area contributed by atoms with Crippen molar-refractivity contribution in [3.8, 4) is 0 Å². The van der Waals surface area contributed by atoms with E-state index >= 15 is 0 Å². The molecule has 0 N–H and O–H groups in total. The van der Waals surface area contributed by atoms with Gasteiger partial charge in [-0.05, 0) is 23.6 Å². The minimum absolute atomic E-state index is 0.0815. The molecule has 8 heteroatoms. The van der Waals surface area contributed by atoms with E-state index in [1.807, 2.05) is 72.8 Å². The van der Waals surface area contributed by atoms with Crippen LogP contribution in [0.1, 0.15) is 31.8 Å². The number of Topliss-reactive ketones (excluding diaryl/α,β-unsaturated/α-hetero) is 2. The van der Waals surface area contributed by atoms with Crippen molar-refractivity contribution in [3.05, 3.63) is 165 Å². The number of nitrogens with zero attached hydrogens (tertiary/aromatic N) is 4. The van der Waals surface area contributed by atoms with E-state index in [4.69, 9.17) is 0 Å². The minimum atomic E-state index is 0.0815. The maximum atomic E-state index is 14.0. The SMILES string of the molecule is CSC1=C(C(=O)c2ccccc2)CN(CCN2CC(C(=O)c3ccccc3)=C(SC)N(Cc3ccccc3)C2)CN1Cc1ccccc1. The molecule has 4 aromatic carbocycles. The first kappa shape index (κ1) is 33.8. The van der Waals surface area contributed by atoms with Gasteiger partial charge in [0.15, 0.2) is 11.6 Å². The summed E-state index contributed by atoms with van der Waals surface area (Å²) in [5.74, 6) is 0.163. The smallest absolute Gasteiger partial charge is 0.192 e. The summed E-state index contributed by atoms with van der Waals surface area (Å²) in [5, 5.41) is 2.08. The zero-order valence-electron chi connectivity index (χ0n) is 27.6. The molecular formula is C40H42N4O2S2. The summed E-state index contributed by atoms with van der Waals surface area (Å²) in [6.45, 7) is 5.58. The fourth-order valence-electron chi connectivity index (χ4n) is 6.48. The van der Waals surface area contributed by atoms with Crippen molar-refractivity contribution in [3.63, 3.8) is 0 Å². The van der Waals surface area contributed by atoms with Gasteiger partial charge in [-0.2, -0.15) is 0 Å². The largest absolute Gasteiger partial charge is 0.349 e. The van der Waals surface area contributed by atoms with Gasteiger partial charge in [-0.3, -0.25) is 19.4 Å². The summed E-state index contributed by atoms with van der Waals surface area (Å²) in [4.78, 5) is 37.4. The Balaban J connectivity index is 1.26. The maximum absolute atomic E-state index is 14.0. The minimum Gasteiger partial charge on any atom is -0.349 e. The van der Waals surface area contributed by atoms with Crippen LogP contribution in [0.4, 0.5) is 0 Å². The highest BCUT2D eigenvalue weighted by atomic mass is 32.2. The van der Waals surface area contributed by atoms with Crippen LogP contribution in [-0.4, -0.2) is 83.2 Å². The molecule has 2 aliphatic rings. The summed E-state index contributed by atoms with van der Waals surface area (Å²) in [5.41, 5.74) is 5.53. The van der Waals surface area contributed by atoms with Gasteiger partial charge in [0.2, 0.25) is 0 Å². The molecule has 0 radical (unpaired) electrons. The fourth-order valence-corrected chi connectivity index (χ4v) is 8.05. The van der Waals surface area contributed by atoms with Crippen molar-refractivity contribution < 1.29 is 9.59 Å². The van der Waals surface area contributed by atoms with Crippen molar-refractivity contribution in [2.24, 2.45) is 0 Å². The first-order valence-electron chi connectivity index (χ1n) is 16.3. The first-order valence-corrected chi connectivity index (χ1v) is 18.7. The lowest BCUT2D eigenvalue weighted by Gasteiger charge is -2.42. The van der Waals surface area contributed by atoms with Gasteiger partial charge in [0.05, 0.1) is 23.4 Å². The number of benzene rings is 4. The number of hydrogen-bond donors (Lipinski definition) is 0. The zero-order chi connectivity index (χ0) is 33.3. The van der Waals surface area contributed by atoms with Gasteiger partial charge in [-0.15, -0.1) is 23.5 Å². The predicted octanol–water partition coefficient (Wildman–Crippen LogP) is 7.45. The van der Waals surface area contributed by atoms with Gasteiger partial charge in [0.1, 0.15) is 0 Å². The van der Waals surface area contributed by atoms with Crippen LogP contribution >= 0.6 is 23.5 Å². The predicted molar refractivity (Wildman–Crippen MR) is 199 cm³/mol. The Morgan fingerprint density at radius 3 is 1.19 bits per heavy atom. The Morgan fingerprint density at radius 1 is 0.521 bits per heavy atom. The van der Waals surface area contributed by atoms with Crippen molar-refractivity contribution in [1.29, 1.82) is 0 Å². The van der Waals surface area contributed by atoms with E-state index in [0.717, 1.165) is 60.7 Å². The van der Waals surface area contributed by atoms with Gasteiger partial charge in [0, 0.05) is 61.5 Å². The van der Waals surface area contributed by atoms with Crippen molar-refractivity contribution in [2.75, 3.05) is 52.0 Å². The number of rotatable bonds is 13. The Bertz CT molecular complexity index is 1620. The van der Waals surface area contributed by atoms with E-state index in [2.05, 4.69) is 80.6 Å². The molecule has 48 heavy (non-hydrogen) atoms. The molecule has 4 aromatic rings. The van der Waals surface area contributed by atoms with Gasteiger partial charge >= 0.3 is 0 Å². The summed E-state index contributed by atoms with van der Waals surface area (Å²) in [7, 11) is 0. The molecule has 0 atom stereocenters. The molecule has 2 aliphatic heterocycles. The number of carbonyl (C=O) groups excluding carboxylic acids is 2. The van der Waals surface area contributed by atoms with E-state index in [-0.39, 0.29) is 11.6 Å². The van der Waals surface area contributed by atoms with Crippen molar-refractivity contribution >= 4 is 35.1 Å². The van der Waals surface area contributed by atoms with Crippen LogP contribution in [0.3, 0.4) is 0 Å². The van der Waals surface area contributed by atoms with Gasteiger partial charge in [0.25, 0.3) is 0 Å². The highest BCUT2D eigenvalue weighted by Crippen LogP contribution is 2.33. The Kier molecular flexibility index (Phi) is 11.5. The summed E-state index contributed by atoms with van der Waals surface area (Å²) in [6.07, 6.45) is 4.13. The molecule has 0 saturated heterocycles. The lowest BCUT2D eigenvalue weighted by molar-refractivity contribution is 0.0879. The molecule has 246 valence electrons. The third-order valence-corrected chi connectivity index (χ3v) is 10.6. The summed E-state index contributed by atoms with van der Waals surface area (Å²) >= 11 is 3.31. The molecule has 0 spiro atoms. The molecule has 0 aromatic heterocycles. The Labute approximate surface area is 293 Å². The normalized spacial score (nSPS) is 16.0. The average molecular weight is 675 g/mol. The third kappa shape index (κ3) is 8.13. The van der Waals surface area contributed by atoms with E-state index < -0.39 is 0 Å². The van der Waals surface area contributed by atoms with E-state index in [1.54, 1.807) is 23.5 Å². The van der Waals surface area contributed by atoms with Crippen LogP contribution in [0.5, 0.6) is 0 Å². The Hall–Kier alpha value is -4.08. The van der Waals surface area contributed by atoms with Gasteiger partial charge in [-0.25, -0.2) is 0 Å². The van der Waals surface area contributed by atoms with Crippen molar-refractivity contribution in [2.45, 2.75) is 13.1 Å². The highest BCUT2D eigenvalue weighted by Gasteiger charge is 2.32. The quantitative estimate of drug-likeness (QED) is 0.136. The third-order valence-electron chi connectivity index (χ3n) is 8.77. The second kappa shape index (κ2) is 16.3. The number of carbonyl (C=O) groups is 2. The number of hydrogen-bond acceptors (Lipinski definition) is 8. The van der Waals surface area contributed by atoms with Crippen LogP contribution in [0, 0.1) is 0 Å². The maximum Gasteiger partial charge on any atom is 0.192 e. The molecule has 0 aliphatic carbocycles. The van der Waals surface area contributed by atoms with Crippen LogP contribution in [0.15, 0.2) is 143 Å². The molecule has 0 amide bonds. The second-order valence-corrected chi connectivity index (χ2v) is 13.7. The molecule has 0 saturated carbocycles. The molecule has 2 heterocycles. The molecule has 0 fully saturated rings.